The van der Waals surface area contributed by atoms with Crippen molar-refractivity contribution in [2.45, 2.75) is 19.8 Å². The topological polar surface area (TPSA) is 53.1 Å². The summed E-state index contributed by atoms with van der Waals surface area (Å²) >= 11 is 0. The van der Waals surface area contributed by atoms with E-state index in [9.17, 15) is 17.3 Å². The Hall–Kier alpha value is -0.945. The first-order valence-electron chi connectivity index (χ1n) is 4.11. The van der Waals surface area contributed by atoms with Gasteiger partial charge in [-0.05, 0) is 6.42 Å². The van der Waals surface area contributed by atoms with E-state index in [0.29, 0.717) is 0 Å². The van der Waals surface area contributed by atoms with E-state index in [1.54, 1.807) is 4.90 Å². The molecule has 0 saturated heterocycles. The maximum absolute atomic E-state index is 9.75. The van der Waals surface area contributed by atoms with Crippen LogP contribution >= 0.6 is 0 Å². The van der Waals surface area contributed by atoms with Crippen LogP contribution in [0.1, 0.15) is 19.8 Å². The Labute approximate surface area is 80.9 Å². The zero-order valence-electron chi connectivity index (χ0n) is 8.24. The molecule has 0 aliphatic carbocycles. The number of nitrogens with two attached hydrogens (primary N) is 1. The number of nitrogens with zero attached hydrogens (tertiary/aromatic N) is 1. The maximum Gasteiger partial charge on any atom is 0.673 e. The Balaban J connectivity index is 0. The van der Waals surface area contributed by atoms with Crippen molar-refractivity contribution in [2.75, 3.05) is 13.6 Å². The zero-order chi connectivity index (χ0) is 11.8. The summed E-state index contributed by atoms with van der Waals surface area (Å²) in [7, 11) is -4.17. The molecule has 0 heterocycles. The van der Waals surface area contributed by atoms with E-state index in [1.807, 2.05) is 7.05 Å². The molecule has 0 aliphatic rings. The number of guanidine groups is 1. The van der Waals surface area contributed by atoms with E-state index in [1.165, 1.54) is 0 Å². The van der Waals surface area contributed by atoms with E-state index in [-0.39, 0.29) is 5.96 Å². The average molecular weight is 216 g/mol. The summed E-state index contributed by atoms with van der Waals surface area (Å²) in [6.07, 6.45) is 2.26. The third-order valence-electron chi connectivity index (χ3n) is 1.26. The van der Waals surface area contributed by atoms with Crippen molar-refractivity contribution in [2.24, 2.45) is 5.73 Å². The van der Waals surface area contributed by atoms with E-state index in [0.717, 1.165) is 19.4 Å². The molecule has 0 rings (SSSR count). The maximum atomic E-state index is 9.75. The van der Waals surface area contributed by atoms with Crippen LogP contribution in [-0.2, 0) is 0 Å². The summed E-state index contributed by atoms with van der Waals surface area (Å²) in [5.74, 6) is 0.156. The van der Waals surface area contributed by atoms with Crippen LogP contribution in [0.3, 0.4) is 0 Å². The summed E-state index contributed by atoms with van der Waals surface area (Å²) in [4.78, 5) is 1.74. The fourth-order valence-electron chi connectivity index (χ4n) is 0.516. The molecule has 3 nitrogen and oxygen atoms in total. The minimum absolute atomic E-state index is 0.156. The molecule has 0 aliphatic heterocycles. The van der Waals surface area contributed by atoms with Gasteiger partial charge in [0.25, 0.3) is 0 Å². The number of unbranched alkanes of at least 4 members (excludes halogenated alkanes) is 1. The lowest BCUT2D eigenvalue weighted by molar-refractivity contribution is 0.368. The highest BCUT2D eigenvalue weighted by atomic mass is 19.5. The van der Waals surface area contributed by atoms with Crippen molar-refractivity contribution in [3.05, 3.63) is 0 Å². The summed E-state index contributed by atoms with van der Waals surface area (Å²) in [5, 5.41) is 6.98. The average Bonchev–Trinajstić information content (AvgIpc) is 1.96. The SMILES string of the molecule is CCCCN(C)C(=N)N.F[B-](F)(F)F. The van der Waals surface area contributed by atoms with Crippen LogP contribution in [-0.4, -0.2) is 31.7 Å². The van der Waals surface area contributed by atoms with Crippen LogP contribution in [0.4, 0.5) is 17.3 Å². The monoisotopic (exact) mass is 216 g/mol. The number of rotatable bonds is 3. The molecule has 86 valence electrons. The van der Waals surface area contributed by atoms with Gasteiger partial charge in [-0.1, -0.05) is 13.3 Å². The van der Waals surface area contributed by atoms with Crippen molar-refractivity contribution >= 4 is 13.2 Å². The first-order chi connectivity index (χ1) is 6.18. The minimum Gasteiger partial charge on any atom is -0.418 e. The smallest absolute Gasteiger partial charge is 0.418 e. The molecule has 0 unspecified atom stereocenters. The van der Waals surface area contributed by atoms with Gasteiger partial charge in [-0.2, -0.15) is 0 Å². The summed E-state index contributed by atoms with van der Waals surface area (Å²) in [6.45, 7) is 3.01. The molecule has 0 aromatic rings. The predicted molar refractivity (Wildman–Crippen MR) is 49.6 cm³/mol. The number of halogens is 4. The molecule has 8 heteroatoms. The molecule has 0 atom stereocenters. The first kappa shape index (κ1) is 15.5. The Morgan fingerprint density at radius 1 is 1.36 bits per heavy atom. The molecule has 0 saturated carbocycles. The molecular weight excluding hydrogens is 201 g/mol. The van der Waals surface area contributed by atoms with Gasteiger partial charge in [-0.25, -0.2) is 0 Å². The van der Waals surface area contributed by atoms with Gasteiger partial charge in [0, 0.05) is 13.6 Å². The zero-order valence-corrected chi connectivity index (χ0v) is 8.24. The van der Waals surface area contributed by atoms with Gasteiger partial charge >= 0.3 is 7.25 Å². The van der Waals surface area contributed by atoms with Gasteiger partial charge in [0.1, 0.15) is 0 Å². The molecule has 0 radical (unpaired) electrons. The summed E-state index contributed by atoms with van der Waals surface area (Å²) in [5.41, 5.74) is 5.19. The van der Waals surface area contributed by atoms with Gasteiger partial charge < -0.3 is 27.9 Å². The second kappa shape index (κ2) is 7.46. The molecule has 0 aromatic heterocycles. The number of hydrogen-bond acceptors (Lipinski definition) is 1. The van der Waals surface area contributed by atoms with Crippen LogP contribution in [0.5, 0.6) is 0 Å². The van der Waals surface area contributed by atoms with Crippen LogP contribution in [0.25, 0.3) is 0 Å². The Morgan fingerprint density at radius 3 is 1.93 bits per heavy atom. The van der Waals surface area contributed by atoms with Crippen molar-refractivity contribution in [1.29, 1.82) is 5.41 Å². The van der Waals surface area contributed by atoms with Gasteiger partial charge in [0.05, 0.1) is 0 Å². The van der Waals surface area contributed by atoms with Crippen molar-refractivity contribution in [3.8, 4) is 0 Å². The van der Waals surface area contributed by atoms with Crippen molar-refractivity contribution in [1.82, 2.24) is 4.90 Å². The third-order valence-corrected chi connectivity index (χ3v) is 1.26. The summed E-state index contributed by atoms with van der Waals surface area (Å²) in [6, 6.07) is 0. The molecule has 0 fully saturated rings. The highest BCUT2D eigenvalue weighted by Crippen LogP contribution is 2.06. The van der Waals surface area contributed by atoms with Crippen LogP contribution < -0.4 is 5.73 Å². The third kappa shape index (κ3) is 22.5. The molecule has 14 heavy (non-hydrogen) atoms. The second-order valence-corrected chi connectivity index (χ2v) is 2.66. The molecule has 0 spiro atoms. The van der Waals surface area contributed by atoms with E-state index in [2.05, 4.69) is 6.92 Å². The van der Waals surface area contributed by atoms with E-state index < -0.39 is 7.25 Å². The van der Waals surface area contributed by atoms with Crippen LogP contribution in [0.15, 0.2) is 0 Å². The number of nitrogens with one attached hydrogen (secondary N) is 1. The molecule has 0 bridgehead atoms. The normalized spacial score (nSPS) is 10.1. The quantitative estimate of drug-likeness (QED) is 0.327. The minimum atomic E-state index is -6.00. The highest BCUT2D eigenvalue weighted by molar-refractivity contribution is 6.50. The van der Waals surface area contributed by atoms with Gasteiger partial charge in [0.15, 0.2) is 5.96 Å². The Bertz CT molecular complexity index is 156. The molecule has 3 N–H and O–H groups in total. The number of hydrogen-bond donors (Lipinski definition) is 2. The molecule has 0 aromatic carbocycles. The highest BCUT2D eigenvalue weighted by Gasteiger charge is 2.20. The van der Waals surface area contributed by atoms with Crippen molar-refractivity contribution in [3.63, 3.8) is 0 Å². The standard InChI is InChI=1S/C6H15N3.BF4/c1-3-4-5-9(2)6(7)8;2-1(3,4)5/h3-5H2,1-2H3,(H3,7,8);/q;-1. The van der Waals surface area contributed by atoms with E-state index >= 15 is 0 Å². The Kier molecular flexibility index (Phi) is 8.27. The van der Waals surface area contributed by atoms with Gasteiger partial charge in [-0.3, -0.25) is 5.41 Å². The lowest BCUT2D eigenvalue weighted by Crippen LogP contribution is -2.33. The first-order valence-corrected chi connectivity index (χ1v) is 4.11. The molecular formula is C6H15BF4N3-. The van der Waals surface area contributed by atoms with Crippen LogP contribution in [0, 0.1) is 5.41 Å². The fraction of sp³-hybridized carbons (Fsp3) is 0.833. The lowest BCUT2D eigenvalue weighted by Gasteiger charge is -2.14. The fourth-order valence-corrected chi connectivity index (χ4v) is 0.516. The molecule has 0 amide bonds. The summed E-state index contributed by atoms with van der Waals surface area (Å²) < 4.78 is 39.0. The van der Waals surface area contributed by atoms with Gasteiger partial charge in [-0.15, -0.1) is 0 Å². The Morgan fingerprint density at radius 2 is 1.71 bits per heavy atom. The predicted octanol–water partition coefficient (Wildman–Crippen LogP) is 1.91. The van der Waals surface area contributed by atoms with E-state index in [4.69, 9.17) is 11.1 Å². The van der Waals surface area contributed by atoms with Crippen LogP contribution in [0.2, 0.25) is 0 Å². The largest absolute Gasteiger partial charge is 0.673 e. The lowest BCUT2D eigenvalue weighted by atomic mass is 10.3. The van der Waals surface area contributed by atoms with Gasteiger partial charge in [0.2, 0.25) is 0 Å². The van der Waals surface area contributed by atoms with Crippen molar-refractivity contribution < 1.29 is 17.3 Å². The second-order valence-electron chi connectivity index (χ2n) is 2.66.